The van der Waals surface area contributed by atoms with E-state index in [0.29, 0.717) is 123 Å². The molecular formula is C57H74N12O9. The number of anilines is 4. The number of hydrogen-bond donors (Lipinski definition) is 8. The van der Waals surface area contributed by atoms with Crippen molar-refractivity contribution in [2.45, 2.75) is 139 Å². The predicted molar refractivity (Wildman–Crippen MR) is 293 cm³/mol. The van der Waals surface area contributed by atoms with E-state index in [2.05, 4.69) is 20.4 Å². The van der Waals surface area contributed by atoms with E-state index in [1.54, 1.807) is 35.6 Å². The third-order valence-electron chi connectivity index (χ3n) is 16.8. The fraction of sp³-hybridized carbons (Fsp3) is 0.561. The fourth-order valence-corrected chi connectivity index (χ4v) is 12.4. The monoisotopic (exact) mass is 1070 g/mol. The highest BCUT2D eigenvalue weighted by Crippen LogP contribution is 2.42. The summed E-state index contributed by atoms with van der Waals surface area (Å²) in [6.45, 7) is 5.45. The number of aromatic nitrogens is 8. The SMILES string of the molecule is CCC(=O)C[C@H]1C[C@@H](n2cnc3c(N[C@H](CO)Cc4ccccc4)nc(N4CC[C@@H](CC(=O)C[C@@H]5CCN(c6nc(N[C@H](CO)Cc7ccccc7)c7ncn([C@@H]8C[C@H](CC(=O)CC)[C@@H](O)[C@H]8O)c7n6)C5)C4)nc32)[C@H](O)[C@@H]1O. The Kier molecular flexibility index (Phi) is 17.1. The van der Waals surface area contributed by atoms with Crippen molar-refractivity contribution in [3.05, 3.63) is 84.4 Å². The summed E-state index contributed by atoms with van der Waals surface area (Å²) in [5, 5.41) is 72.9. The predicted octanol–water partition coefficient (Wildman–Crippen LogP) is 4.00. The summed E-state index contributed by atoms with van der Waals surface area (Å²) in [4.78, 5) is 72.6. The molecule has 2 aliphatic carbocycles. The second kappa shape index (κ2) is 24.3. The van der Waals surface area contributed by atoms with Crippen molar-refractivity contribution in [1.82, 2.24) is 39.0 Å². The van der Waals surface area contributed by atoms with Gasteiger partial charge in [-0.2, -0.15) is 19.9 Å². The molecule has 0 spiro atoms. The first-order valence-electron chi connectivity index (χ1n) is 27.9. The zero-order chi connectivity index (χ0) is 54.6. The summed E-state index contributed by atoms with van der Waals surface area (Å²) in [6, 6.07) is 17.6. The largest absolute Gasteiger partial charge is 0.394 e. The first-order valence-corrected chi connectivity index (χ1v) is 27.9. The molecule has 6 aromatic rings. The second-order valence-electron chi connectivity index (χ2n) is 22.2. The van der Waals surface area contributed by atoms with E-state index in [0.717, 1.165) is 24.0 Å². The topological polar surface area (TPSA) is 290 Å². The minimum absolute atomic E-state index is 0.0183. The van der Waals surface area contributed by atoms with Crippen LogP contribution >= 0.6 is 0 Å². The lowest BCUT2D eigenvalue weighted by Gasteiger charge is -2.22. The summed E-state index contributed by atoms with van der Waals surface area (Å²) in [7, 11) is 0. The van der Waals surface area contributed by atoms with Crippen molar-refractivity contribution in [1.29, 1.82) is 0 Å². The molecule has 78 heavy (non-hydrogen) atoms. The van der Waals surface area contributed by atoms with E-state index in [1.807, 2.05) is 60.7 Å². The molecule has 12 atom stereocenters. The van der Waals surface area contributed by atoms with Gasteiger partial charge in [0, 0.05) is 64.7 Å². The molecule has 416 valence electrons. The standard InChI is InChI=1S/C57H74N12O9/c1-3-41(72)23-37-25-44(50(77)48(37)75)68-31-58-46-52(60-39(29-70)19-33-11-7-5-8-12-33)62-56(64-54(46)68)66-17-15-35(27-66)21-43(74)22-36-16-18-67(28-36)57-63-53(61-40(30-71)20-34-13-9-6-10-14-34)47-55(65-57)69(32-59-47)45-26-38(24-42(73)4-2)49(76)51(45)78/h5-14,31-32,35-40,44-45,48-51,70-71,75-78H,3-4,15-30H2,1-2H3,(H,60,62,64)(H,61,63,65)/t35-,36-,37-,38-,39-,40-,44+,45+,48+,49+,50-,51-/m0/s1. The van der Waals surface area contributed by atoms with Crippen LogP contribution in [0, 0.1) is 23.7 Å². The van der Waals surface area contributed by atoms with Gasteiger partial charge in [0.1, 0.15) is 29.6 Å². The summed E-state index contributed by atoms with van der Waals surface area (Å²) < 4.78 is 3.55. The van der Waals surface area contributed by atoms with Crippen LogP contribution in [0.2, 0.25) is 0 Å². The zero-order valence-electron chi connectivity index (χ0n) is 44.5. The molecule has 4 aromatic heterocycles. The maximum absolute atomic E-state index is 14.0. The molecule has 2 aliphatic heterocycles. The van der Waals surface area contributed by atoms with Crippen LogP contribution in [0.5, 0.6) is 0 Å². The molecule has 4 aliphatic rings. The molecule has 2 aromatic carbocycles. The van der Waals surface area contributed by atoms with Gasteiger partial charge in [0.2, 0.25) is 11.9 Å². The quantitative estimate of drug-likeness (QED) is 0.0425. The third-order valence-corrected chi connectivity index (χ3v) is 16.8. The Labute approximate surface area is 453 Å². The van der Waals surface area contributed by atoms with Crippen molar-refractivity contribution in [2.75, 3.05) is 59.8 Å². The van der Waals surface area contributed by atoms with Crippen molar-refractivity contribution >= 4 is 63.2 Å². The second-order valence-corrected chi connectivity index (χ2v) is 22.2. The number of rotatable bonds is 24. The molecule has 2 saturated heterocycles. The van der Waals surface area contributed by atoms with Crippen LogP contribution in [-0.4, -0.2) is 163 Å². The minimum atomic E-state index is -1.15. The lowest BCUT2D eigenvalue weighted by atomic mass is 9.94. The van der Waals surface area contributed by atoms with E-state index in [-0.39, 0.29) is 55.2 Å². The number of nitrogens with one attached hydrogen (secondary N) is 2. The Morgan fingerprint density at radius 2 is 0.974 bits per heavy atom. The van der Waals surface area contributed by atoms with Gasteiger partial charge in [0.15, 0.2) is 34.0 Å². The Bertz CT molecular complexity index is 2830. The molecular weight excluding hydrogens is 997 g/mol. The molecule has 0 radical (unpaired) electrons. The third kappa shape index (κ3) is 11.9. The Morgan fingerprint density at radius 1 is 0.564 bits per heavy atom. The van der Waals surface area contributed by atoms with Gasteiger partial charge in [-0.1, -0.05) is 74.5 Å². The smallest absolute Gasteiger partial charge is 0.229 e. The first-order chi connectivity index (χ1) is 37.8. The fourth-order valence-electron chi connectivity index (χ4n) is 12.4. The van der Waals surface area contributed by atoms with Crippen LogP contribution in [0.1, 0.15) is 101 Å². The first kappa shape index (κ1) is 54.8. The molecule has 4 fully saturated rings. The average Bonchev–Trinajstić information content (AvgIpc) is 4.54. The van der Waals surface area contributed by atoms with Crippen molar-refractivity contribution in [3.8, 4) is 0 Å². The molecule has 0 unspecified atom stereocenters. The Balaban J connectivity index is 0.844. The highest BCUT2D eigenvalue weighted by Gasteiger charge is 2.45. The number of carbonyl (C=O) groups excluding carboxylic acids is 3. The van der Waals surface area contributed by atoms with Gasteiger partial charge in [-0.25, -0.2) is 9.97 Å². The van der Waals surface area contributed by atoms with Crippen LogP contribution in [0.25, 0.3) is 22.3 Å². The average molecular weight is 1070 g/mol. The van der Waals surface area contributed by atoms with Crippen molar-refractivity contribution in [3.63, 3.8) is 0 Å². The van der Waals surface area contributed by atoms with Gasteiger partial charge in [-0.15, -0.1) is 0 Å². The number of aliphatic hydroxyl groups excluding tert-OH is 6. The number of Topliss-reactive ketones (excluding diaryl/α,β-unsaturated/α-hetero) is 3. The van der Waals surface area contributed by atoms with Gasteiger partial charge in [-0.05, 0) is 73.3 Å². The Morgan fingerprint density at radius 3 is 1.36 bits per heavy atom. The summed E-state index contributed by atoms with van der Waals surface area (Å²) in [5.41, 5.74) is 3.84. The number of carbonyl (C=O) groups is 3. The molecule has 2 saturated carbocycles. The van der Waals surface area contributed by atoms with E-state index in [4.69, 9.17) is 29.9 Å². The summed E-state index contributed by atoms with van der Waals surface area (Å²) >= 11 is 0. The molecule has 0 bridgehead atoms. The summed E-state index contributed by atoms with van der Waals surface area (Å²) in [5.74, 6) is 1.06. The van der Waals surface area contributed by atoms with Crippen molar-refractivity contribution in [2.24, 2.45) is 23.7 Å². The van der Waals surface area contributed by atoms with Crippen molar-refractivity contribution < 1.29 is 45.0 Å². The molecule has 10 rings (SSSR count). The minimum Gasteiger partial charge on any atom is -0.394 e. The normalized spacial score (nSPS) is 26.1. The maximum atomic E-state index is 14.0. The number of nitrogens with zero attached hydrogens (tertiary/aromatic N) is 10. The van der Waals surface area contributed by atoms with Gasteiger partial charge >= 0.3 is 0 Å². The van der Waals surface area contributed by atoms with E-state index >= 15 is 0 Å². The number of ketones is 3. The highest BCUT2D eigenvalue weighted by atomic mass is 16.3. The van der Waals surface area contributed by atoms with Crippen LogP contribution in [0.4, 0.5) is 23.5 Å². The number of aliphatic hydroxyl groups is 6. The van der Waals surface area contributed by atoms with Crippen LogP contribution in [-0.2, 0) is 27.2 Å². The lowest BCUT2D eigenvalue weighted by molar-refractivity contribution is -0.121. The number of hydrogen-bond acceptors (Lipinski definition) is 19. The van der Waals surface area contributed by atoms with Crippen LogP contribution < -0.4 is 20.4 Å². The van der Waals surface area contributed by atoms with E-state index < -0.39 is 60.4 Å². The van der Waals surface area contributed by atoms with Gasteiger partial charge < -0.3 is 60.2 Å². The van der Waals surface area contributed by atoms with Crippen LogP contribution in [0.15, 0.2) is 73.3 Å². The molecule has 21 heteroatoms. The highest BCUT2D eigenvalue weighted by molar-refractivity contribution is 5.86. The van der Waals surface area contributed by atoms with Gasteiger partial charge in [-0.3, -0.25) is 14.4 Å². The molecule has 8 N–H and O–H groups in total. The number of benzene rings is 2. The molecule has 6 heterocycles. The maximum Gasteiger partial charge on any atom is 0.229 e. The van der Waals surface area contributed by atoms with Gasteiger partial charge in [0.05, 0.1) is 62.2 Å². The van der Waals surface area contributed by atoms with E-state index in [1.165, 1.54) is 0 Å². The number of imidazole rings is 2. The zero-order valence-corrected chi connectivity index (χ0v) is 44.5. The summed E-state index contributed by atoms with van der Waals surface area (Å²) in [6.07, 6.45) is 3.66. The molecule has 0 amide bonds. The number of fused-ring (bicyclic) bond motifs is 2. The molecule has 21 nitrogen and oxygen atoms in total. The Hall–Kier alpha value is -6.49. The lowest BCUT2D eigenvalue weighted by Crippen LogP contribution is -2.30. The van der Waals surface area contributed by atoms with Gasteiger partial charge in [0.25, 0.3) is 0 Å². The van der Waals surface area contributed by atoms with E-state index in [9.17, 15) is 45.0 Å². The van der Waals surface area contributed by atoms with Crippen LogP contribution in [0.3, 0.4) is 0 Å².